The van der Waals surface area contributed by atoms with E-state index in [0.29, 0.717) is 30.6 Å². The summed E-state index contributed by atoms with van der Waals surface area (Å²) in [4.78, 5) is 25.4. The van der Waals surface area contributed by atoms with Crippen LogP contribution in [0.15, 0.2) is 18.2 Å². The number of rotatable bonds is 3. The van der Waals surface area contributed by atoms with Crippen LogP contribution in [0.2, 0.25) is 0 Å². The van der Waals surface area contributed by atoms with E-state index in [1.54, 1.807) is 24.1 Å². The minimum Gasteiger partial charge on any atom is -0.347 e. The molecule has 1 aromatic rings. The minimum atomic E-state index is -0.172. The molecule has 108 valence electrons. The minimum absolute atomic E-state index is 0.0173. The van der Waals surface area contributed by atoms with E-state index >= 15 is 0 Å². The normalized spacial score (nSPS) is 18.9. The van der Waals surface area contributed by atoms with Crippen LogP contribution >= 0.6 is 0 Å². The van der Waals surface area contributed by atoms with E-state index < -0.39 is 0 Å². The second kappa shape index (κ2) is 5.92. The van der Waals surface area contributed by atoms with Crippen LogP contribution in [-0.2, 0) is 4.79 Å². The number of amides is 2. The maximum atomic E-state index is 12.3. The Morgan fingerprint density at radius 1 is 1.45 bits per heavy atom. The molecule has 0 saturated carbocycles. The van der Waals surface area contributed by atoms with Crippen LogP contribution < -0.4 is 16.6 Å². The van der Waals surface area contributed by atoms with Crippen molar-refractivity contribution in [1.29, 1.82) is 0 Å². The fraction of sp³-hybridized carbons (Fsp3) is 0.429. The first-order valence-corrected chi connectivity index (χ1v) is 6.63. The highest BCUT2D eigenvalue weighted by Crippen LogP contribution is 2.17. The number of nitrogens with zero attached hydrogens (tertiary/aromatic N) is 1. The van der Waals surface area contributed by atoms with Gasteiger partial charge in [-0.3, -0.25) is 15.4 Å². The van der Waals surface area contributed by atoms with E-state index in [-0.39, 0.29) is 17.9 Å². The Morgan fingerprint density at radius 2 is 2.20 bits per heavy atom. The van der Waals surface area contributed by atoms with Gasteiger partial charge in [-0.15, -0.1) is 0 Å². The van der Waals surface area contributed by atoms with Gasteiger partial charge >= 0.3 is 0 Å². The Hall–Kier alpha value is -2.08. The molecule has 0 aromatic heterocycles. The summed E-state index contributed by atoms with van der Waals surface area (Å²) in [6.45, 7) is 2.46. The highest BCUT2D eigenvalue weighted by atomic mass is 16.2. The number of nitrogens with one attached hydrogen (secondary N) is 2. The summed E-state index contributed by atoms with van der Waals surface area (Å²) in [5.74, 6) is 5.38. The second-order valence-corrected chi connectivity index (χ2v) is 5.18. The molecule has 0 bridgehead atoms. The molecule has 4 N–H and O–H groups in total. The number of nitrogen functional groups attached to an aromatic ring is 1. The molecule has 1 atom stereocenters. The zero-order chi connectivity index (χ0) is 14.7. The molecule has 6 heteroatoms. The van der Waals surface area contributed by atoms with E-state index in [1.807, 2.05) is 13.0 Å². The molecule has 1 saturated heterocycles. The average molecular weight is 276 g/mol. The predicted octanol–water partition coefficient (Wildman–Crippen LogP) is 0.631. The average Bonchev–Trinajstić information content (AvgIpc) is 2.43. The molecular weight excluding hydrogens is 256 g/mol. The SMILES string of the molecule is Cc1ccc(NN)c(C(=O)NC2CCC(=O)N(C)C2)c1. The number of aryl methyl sites for hydroxylation is 1. The molecule has 1 heterocycles. The third kappa shape index (κ3) is 3.08. The number of piperidine rings is 1. The maximum Gasteiger partial charge on any atom is 0.253 e. The van der Waals surface area contributed by atoms with Gasteiger partial charge in [0.25, 0.3) is 5.91 Å². The van der Waals surface area contributed by atoms with Crippen molar-refractivity contribution < 1.29 is 9.59 Å². The van der Waals surface area contributed by atoms with E-state index in [1.165, 1.54) is 0 Å². The lowest BCUT2D eigenvalue weighted by Gasteiger charge is -2.30. The summed E-state index contributed by atoms with van der Waals surface area (Å²) < 4.78 is 0. The van der Waals surface area contributed by atoms with Crippen molar-refractivity contribution in [1.82, 2.24) is 10.2 Å². The van der Waals surface area contributed by atoms with Gasteiger partial charge in [-0.05, 0) is 25.5 Å². The third-order valence-electron chi connectivity index (χ3n) is 3.54. The maximum absolute atomic E-state index is 12.3. The Labute approximate surface area is 118 Å². The fourth-order valence-electron chi connectivity index (χ4n) is 2.37. The van der Waals surface area contributed by atoms with Gasteiger partial charge in [0.15, 0.2) is 0 Å². The molecule has 1 aromatic carbocycles. The first-order chi connectivity index (χ1) is 9.51. The molecule has 1 aliphatic heterocycles. The van der Waals surface area contributed by atoms with Crippen molar-refractivity contribution in [2.45, 2.75) is 25.8 Å². The van der Waals surface area contributed by atoms with Gasteiger partial charge in [0.05, 0.1) is 11.3 Å². The van der Waals surface area contributed by atoms with Crippen LogP contribution in [0, 0.1) is 6.92 Å². The summed E-state index contributed by atoms with van der Waals surface area (Å²) in [6.07, 6.45) is 1.14. The van der Waals surface area contributed by atoms with Crippen molar-refractivity contribution in [3.63, 3.8) is 0 Å². The van der Waals surface area contributed by atoms with Crippen molar-refractivity contribution >= 4 is 17.5 Å². The number of anilines is 1. The number of carbonyl (C=O) groups excluding carboxylic acids is 2. The molecule has 2 amide bonds. The topological polar surface area (TPSA) is 87.5 Å². The van der Waals surface area contributed by atoms with Gasteiger partial charge in [-0.2, -0.15) is 0 Å². The molecule has 0 radical (unpaired) electrons. The molecule has 1 aliphatic rings. The van der Waals surface area contributed by atoms with Gasteiger partial charge in [-0.25, -0.2) is 0 Å². The summed E-state index contributed by atoms with van der Waals surface area (Å²) in [6, 6.07) is 5.44. The Balaban J connectivity index is 2.09. The lowest BCUT2D eigenvalue weighted by Crippen LogP contribution is -2.48. The van der Waals surface area contributed by atoms with E-state index in [2.05, 4.69) is 10.7 Å². The number of likely N-dealkylation sites (tertiary alicyclic amines) is 1. The van der Waals surface area contributed by atoms with Crippen LogP contribution in [0.5, 0.6) is 0 Å². The van der Waals surface area contributed by atoms with Crippen LogP contribution in [0.1, 0.15) is 28.8 Å². The van der Waals surface area contributed by atoms with Gasteiger partial charge in [0, 0.05) is 26.1 Å². The summed E-state index contributed by atoms with van der Waals surface area (Å²) in [7, 11) is 1.75. The molecule has 2 rings (SSSR count). The number of carbonyl (C=O) groups is 2. The summed E-state index contributed by atoms with van der Waals surface area (Å²) >= 11 is 0. The predicted molar refractivity (Wildman–Crippen MR) is 77.1 cm³/mol. The smallest absolute Gasteiger partial charge is 0.253 e. The molecule has 1 fully saturated rings. The van der Waals surface area contributed by atoms with Crippen LogP contribution in [0.4, 0.5) is 5.69 Å². The second-order valence-electron chi connectivity index (χ2n) is 5.18. The summed E-state index contributed by atoms with van der Waals surface area (Å²) in [5.41, 5.74) is 4.63. The Kier molecular flexibility index (Phi) is 4.24. The Bertz CT molecular complexity index is 530. The number of likely N-dealkylation sites (N-methyl/N-ethyl adjacent to an activating group) is 1. The van der Waals surface area contributed by atoms with Crippen molar-refractivity contribution in [2.24, 2.45) is 5.84 Å². The highest BCUT2D eigenvalue weighted by molar-refractivity contribution is 6.00. The number of hydrogen-bond donors (Lipinski definition) is 3. The largest absolute Gasteiger partial charge is 0.347 e. The van der Waals surface area contributed by atoms with Crippen LogP contribution in [0.3, 0.4) is 0 Å². The van der Waals surface area contributed by atoms with Crippen molar-refractivity contribution in [3.8, 4) is 0 Å². The summed E-state index contributed by atoms with van der Waals surface area (Å²) in [5, 5.41) is 2.96. The van der Waals surface area contributed by atoms with E-state index in [0.717, 1.165) is 5.56 Å². The molecule has 0 spiro atoms. The van der Waals surface area contributed by atoms with E-state index in [4.69, 9.17) is 5.84 Å². The first-order valence-electron chi connectivity index (χ1n) is 6.63. The fourth-order valence-corrected chi connectivity index (χ4v) is 2.37. The quantitative estimate of drug-likeness (QED) is 0.558. The van der Waals surface area contributed by atoms with Crippen LogP contribution in [0.25, 0.3) is 0 Å². The molecule has 1 unspecified atom stereocenters. The standard InChI is InChI=1S/C14H20N4O2/c1-9-3-5-12(17-15)11(7-9)14(20)16-10-4-6-13(19)18(2)8-10/h3,5,7,10,17H,4,6,8,15H2,1-2H3,(H,16,20). The zero-order valence-electron chi connectivity index (χ0n) is 11.8. The van der Waals surface area contributed by atoms with Gasteiger partial charge in [0.2, 0.25) is 5.91 Å². The third-order valence-corrected chi connectivity index (χ3v) is 3.54. The monoisotopic (exact) mass is 276 g/mol. The molecule has 20 heavy (non-hydrogen) atoms. The van der Waals surface area contributed by atoms with Gasteiger partial charge in [-0.1, -0.05) is 11.6 Å². The highest BCUT2D eigenvalue weighted by Gasteiger charge is 2.25. The van der Waals surface area contributed by atoms with Crippen molar-refractivity contribution in [3.05, 3.63) is 29.3 Å². The van der Waals surface area contributed by atoms with Crippen LogP contribution in [-0.4, -0.2) is 36.3 Å². The van der Waals surface area contributed by atoms with Gasteiger partial charge in [0.1, 0.15) is 0 Å². The molecular formula is C14H20N4O2. The lowest BCUT2D eigenvalue weighted by atomic mass is 10.0. The van der Waals surface area contributed by atoms with E-state index in [9.17, 15) is 9.59 Å². The van der Waals surface area contributed by atoms with Gasteiger partial charge < -0.3 is 15.6 Å². The van der Waals surface area contributed by atoms with Crippen molar-refractivity contribution in [2.75, 3.05) is 19.0 Å². The number of hydrogen-bond acceptors (Lipinski definition) is 4. The Morgan fingerprint density at radius 3 is 2.85 bits per heavy atom. The number of nitrogens with two attached hydrogens (primary N) is 1. The lowest BCUT2D eigenvalue weighted by molar-refractivity contribution is -0.132. The first kappa shape index (κ1) is 14.3. The molecule has 6 nitrogen and oxygen atoms in total. The number of hydrazine groups is 1. The zero-order valence-corrected chi connectivity index (χ0v) is 11.8. The number of benzene rings is 1. The molecule has 0 aliphatic carbocycles.